The lowest BCUT2D eigenvalue weighted by atomic mass is 9.48. The summed E-state index contributed by atoms with van der Waals surface area (Å²) in [5.41, 5.74) is 2.18. The van der Waals surface area contributed by atoms with E-state index in [9.17, 15) is 9.59 Å². The molecule has 3 fully saturated rings. The Hall–Kier alpha value is -1.12. The Balaban J connectivity index is 1.58. The maximum atomic E-state index is 12.1. The van der Waals surface area contributed by atoms with Crippen LogP contribution in [0.3, 0.4) is 0 Å². The highest BCUT2D eigenvalue weighted by atomic mass is 16.5. The van der Waals surface area contributed by atoms with Gasteiger partial charge in [0.25, 0.3) is 0 Å². The largest absolute Gasteiger partial charge is 0.462 e. The highest BCUT2D eigenvalue weighted by Gasteiger charge is 2.58. The topological polar surface area (TPSA) is 43.4 Å². The molecule has 3 heteroatoms. The number of carbonyl (C=O) groups is 2. The standard InChI is InChI=1S/C23H34O3/c1-14(24)16-11-21-19-6-5-17-12-18(26-15(2)25)7-10-23(17,4)20(19)8-9-22(21,3)13-16/h5,16,18-21H,6-13H2,1-4H3/t16?,18-,19?,20?,21?,22+,23-/m0/s1. The van der Waals surface area contributed by atoms with Crippen LogP contribution in [0.5, 0.6) is 0 Å². The van der Waals surface area contributed by atoms with E-state index in [4.69, 9.17) is 4.74 Å². The summed E-state index contributed by atoms with van der Waals surface area (Å²) in [5, 5.41) is 0. The van der Waals surface area contributed by atoms with Crippen molar-refractivity contribution in [2.45, 2.75) is 85.2 Å². The van der Waals surface area contributed by atoms with Gasteiger partial charge >= 0.3 is 5.97 Å². The van der Waals surface area contributed by atoms with Crippen LogP contribution >= 0.6 is 0 Å². The maximum absolute atomic E-state index is 12.1. The summed E-state index contributed by atoms with van der Waals surface area (Å²) < 4.78 is 5.53. The average Bonchev–Trinajstić information content (AvgIpc) is 2.93. The fraction of sp³-hybridized carbons (Fsp3) is 0.826. The van der Waals surface area contributed by atoms with Crippen LogP contribution < -0.4 is 0 Å². The maximum Gasteiger partial charge on any atom is 0.302 e. The van der Waals surface area contributed by atoms with Crippen LogP contribution in [0.2, 0.25) is 0 Å². The first-order valence-electron chi connectivity index (χ1n) is 10.6. The van der Waals surface area contributed by atoms with Gasteiger partial charge in [-0.25, -0.2) is 0 Å². The minimum atomic E-state index is -0.150. The van der Waals surface area contributed by atoms with E-state index in [-0.39, 0.29) is 17.5 Å². The van der Waals surface area contributed by atoms with Crippen molar-refractivity contribution in [2.75, 3.05) is 0 Å². The van der Waals surface area contributed by atoms with E-state index in [1.807, 2.05) is 0 Å². The zero-order valence-electron chi connectivity index (χ0n) is 16.8. The Morgan fingerprint density at radius 2 is 1.88 bits per heavy atom. The third kappa shape index (κ3) is 2.77. The van der Waals surface area contributed by atoms with Gasteiger partial charge in [-0.05, 0) is 80.5 Å². The van der Waals surface area contributed by atoms with Gasteiger partial charge in [0.15, 0.2) is 0 Å². The molecule has 3 saturated carbocycles. The number of ketones is 1. The quantitative estimate of drug-likeness (QED) is 0.510. The molecule has 0 aliphatic heterocycles. The van der Waals surface area contributed by atoms with Gasteiger partial charge in [0.05, 0.1) is 0 Å². The lowest BCUT2D eigenvalue weighted by Crippen LogP contribution is -2.49. The minimum absolute atomic E-state index is 0.0748. The normalized spacial score (nSPS) is 47.2. The SMILES string of the molecule is CC(=O)O[C@H]1CC[C@@]2(C)C(=CCC3C4CC(C(C)=O)C[C@@]4(C)CCC32)C1. The third-order valence-electron chi connectivity index (χ3n) is 8.74. The van der Waals surface area contributed by atoms with E-state index in [1.54, 1.807) is 12.5 Å². The van der Waals surface area contributed by atoms with E-state index in [0.29, 0.717) is 23.0 Å². The van der Waals surface area contributed by atoms with Gasteiger partial charge < -0.3 is 4.74 Å². The molecule has 0 N–H and O–H groups in total. The molecule has 4 unspecified atom stereocenters. The number of hydrogen-bond donors (Lipinski definition) is 0. The number of rotatable bonds is 2. The molecule has 0 aromatic rings. The first kappa shape index (κ1) is 18.3. The number of fused-ring (bicyclic) bond motifs is 5. The van der Waals surface area contributed by atoms with E-state index in [1.165, 1.54) is 19.8 Å². The molecule has 26 heavy (non-hydrogen) atoms. The average molecular weight is 359 g/mol. The monoisotopic (exact) mass is 358 g/mol. The van der Waals surface area contributed by atoms with E-state index < -0.39 is 0 Å². The molecular weight excluding hydrogens is 324 g/mol. The Morgan fingerprint density at radius 1 is 1.12 bits per heavy atom. The second kappa shape index (κ2) is 6.21. The number of allylic oxidation sites excluding steroid dienone is 1. The van der Waals surface area contributed by atoms with Crippen LogP contribution in [-0.2, 0) is 14.3 Å². The fourth-order valence-corrected chi connectivity index (χ4v) is 7.33. The van der Waals surface area contributed by atoms with Crippen LogP contribution in [0.15, 0.2) is 11.6 Å². The van der Waals surface area contributed by atoms with Gasteiger partial charge in [-0.2, -0.15) is 0 Å². The van der Waals surface area contributed by atoms with E-state index >= 15 is 0 Å². The van der Waals surface area contributed by atoms with Crippen molar-refractivity contribution in [1.82, 2.24) is 0 Å². The Kier molecular flexibility index (Phi) is 4.36. The van der Waals surface area contributed by atoms with Crippen LogP contribution in [0.25, 0.3) is 0 Å². The van der Waals surface area contributed by atoms with Gasteiger partial charge in [0.2, 0.25) is 0 Å². The molecule has 3 nitrogen and oxygen atoms in total. The highest BCUT2D eigenvalue weighted by molar-refractivity contribution is 5.78. The van der Waals surface area contributed by atoms with Crippen molar-refractivity contribution >= 4 is 11.8 Å². The molecule has 0 amide bonds. The Labute approximate surface area is 157 Å². The second-order valence-corrected chi connectivity index (χ2v) is 10.2. The fourth-order valence-electron chi connectivity index (χ4n) is 7.33. The summed E-state index contributed by atoms with van der Waals surface area (Å²) in [5.74, 6) is 2.72. The summed E-state index contributed by atoms with van der Waals surface area (Å²) in [6.45, 7) is 8.24. The molecule has 0 aromatic carbocycles. The molecule has 0 saturated heterocycles. The molecule has 0 bridgehead atoms. The molecule has 4 rings (SSSR count). The van der Waals surface area contributed by atoms with Gasteiger partial charge in [0, 0.05) is 19.3 Å². The second-order valence-electron chi connectivity index (χ2n) is 10.2. The first-order valence-corrected chi connectivity index (χ1v) is 10.6. The summed E-state index contributed by atoms with van der Waals surface area (Å²) in [6, 6.07) is 0. The van der Waals surface area contributed by atoms with Crippen molar-refractivity contribution in [1.29, 1.82) is 0 Å². The minimum Gasteiger partial charge on any atom is -0.462 e. The lowest BCUT2D eigenvalue weighted by molar-refractivity contribution is -0.148. The van der Waals surface area contributed by atoms with Crippen LogP contribution in [-0.4, -0.2) is 17.9 Å². The molecule has 0 spiro atoms. The van der Waals surface area contributed by atoms with Gasteiger partial charge in [0.1, 0.15) is 11.9 Å². The summed E-state index contributed by atoms with van der Waals surface area (Å²) in [4.78, 5) is 23.4. The first-order chi connectivity index (χ1) is 12.2. The Morgan fingerprint density at radius 3 is 2.58 bits per heavy atom. The van der Waals surface area contributed by atoms with Crippen molar-refractivity contribution in [3.05, 3.63) is 11.6 Å². The summed E-state index contributed by atoms with van der Waals surface area (Å²) in [7, 11) is 0. The van der Waals surface area contributed by atoms with Crippen LogP contribution in [0, 0.1) is 34.5 Å². The summed E-state index contributed by atoms with van der Waals surface area (Å²) in [6.07, 6.45) is 11.6. The smallest absolute Gasteiger partial charge is 0.302 e. The predicted molar refractivity (Wildman–Crippen MR) is 101 cm³/mol. The van der Waals surface area contributed by atoms with Gasteiger partial charge in [-0.3, -0.25) is 9.59 Å². The number of ether oxygens (including phenoxy) is 1. The van der Waals surface area contributed by atoms with Crippen molar-refractivity contribution in [3.63, 3.8) is 0 Å². The van der Waals surface area contributed by atoms with E-state index in [2.05, 4.69) is 19.9 Å². The molecule has 4 aliphatic rings. The van der Waals surface area contributed by atoms with Crippen LogP contribution in [0.1, 0.15) is 79.1 Å². The number of Topliss-reactive ketones (excluding diaryl/α,β-unsaturated/α-hetero) is 1. The highest BCUT2D eigenvalue weighted by Crippen LogP contribution is 2.65. The zero-order chi connectivity index (χ0) is 18.7. The van der Waals surface area contributed by atoms with Crippen molar-refractivity contribution in [3.8, 4) is 0 Å². The third-order valence-corrected chi connectivity index (χ3v) is 8.74. The zero-order valence-corrected chi connectivity index (χ0v) is 16.8. The number of hydrogen-bond acceptors (Lipinski definition) is 3. The molecule has 144 valence electrons. The lowest BCUT2D eigenvalue weighted by Gasteiger charge is -2.57. The van der Waals surface area contributed by atoms with Gasteiger partial charge in [-0.1, -0.05) is 25.5 Å². The number of esters is 1. The van der Waals surface area contributed by atoms with Crippen LogP contribution in [0.4, 0.5) is 0 Å². The number of carbonyl (C=O) groups excluding carboxylic acids is 2. The molecular formula is C23H34O3. The van der Waals surface area contributed by atoms with Gasteiger partial charge in [-0.15, -0.1) is 0 Å². The summed E-state index contributed by atoms with van der Waals surface area (Å²) >= 11 is 0. The molecule has 7 atom stereocenters. The predicted octanol–water partition coefficient (Wildman–Crippen LogP) is 5.09. The molecule has 0 aromatic heterocycles. The van der Waals surface area contributed by atoms with Crippen molar-refractivity contribution in [2.24, 2.45) is 34.5 Å². The Bertz CT molecular complexity index is 650. The molecule has 0 radical (unpaired) electrons. The van der Waals surface area contributed by atoms with Crippen molar-refractivity contribution < 1.29 is 14.3 Å². The molecule has 0 heterocycles. The molecule has 4 aliphatic carbocycles. The van der Waals surface area contributed by atoms with E-state index in [0.717, 1.165) is 50.4 Å².